The molecule has 0 saturated carbocycles. The summed E-state index contributed by atoms with van der Waals surface area (Å²) in [7, 11) is 1.49. The summed E-state index contributed by atoms with van der Waals surface area (Å²) in [6.07, 6.45) is -1.33. The second kappa shape index (κ2) is 6.44. The van der Waals surface area contributed by atoms with E-state index in [4.69, 9.17) is 14.6 Å². The maximum atomic E-state index is 12.6. The maximum Gasteiger partial charge on any atom is 0.334 e. The fourth-order valence-corrected chi connectivity index (χ4v) is 2.61. The Morgan fingerprint density at radius 1 is 1.43 bits per heavy atom. The van der Waals surface area contributed by atoms with Crippen LogP contribution in [0.2, 0.25) is 0 Å². The molecule has 1 aliphatic heterocycles. The maximum absolute atomic E-state index is 12.6. The first-order chi connectivity index (χ1) is 9.92. The van der Waals surface area contributed by atoms with Crippen molar-refractivity contribution in [1.29, 1.82) is 0 Å². The largest absolute Gasteiger partial charge is 0.496 e. The van der Waals surface area contributed by atoms with Crippen LogP contribution in [0.15, 0.2) is 22.7 Å². The van der Waals surface area contributed by atoms with Gasteiger partial charge < -0.3 is 19.5 Å². The van der Waals surface area contributed by atoms with E-state index in [2.05, 4.69) is 15.9 Å². The summed E-state index contributed by atoms with van der Waals surface area (Å²) in [5.74, 6) is -0.886. The van der Waals surface area contributed by atoms with E-state index in [0.29, 0.717) is 17.9 Å². The molecule has 0 radical (unpaired) electrons. The van der Waals surface area contributed by atoms with Gasteiger partial charge in [-0.3, -0.25) is 4.79 Å². The summed E-state index contributed by atoms with van der Waals surface area (Å²) >= 11 is 3.32. The smallest absolute Gasteiger partial charge is 0.334 e. The lowest BCUT2D eigenvalue weighted by atomic mass is 10.1. The molecule has 6 nitrogen and oxygen atoms in total. The highest BCUT2D eigenvalue weighted by molar-refractivity contribution is 9.10. The van der Waals surface area contributed by atoms with Gasteiger partial charge in [-0.2, -0.15) is 0 Å². The van der Waals surface area contributed by atoms with Crippen LogP contribution in [0.3, 0.4) is 0 Å². The second-order valence-electron chi connectivity index (χ2n) is 4.83. The van der Waals surface area contributed by atoms with E-state index in [0.717, 1.165) is 4.47 Å². The highest BCUT2D eigenvalue weighted by atomic mass is 79.9. The zero-order valence-corrected chi connectivity index (χ0v) is 13.3. The van der Waals surface area contributed by atoms with Crippen LogP contribution in [0.4, 0.5) is 0 Å². The van der Waals surface area contributed by atoms with Gasteiger partial charge in [-0.1, -0.05) is 15.9 Å². The van der Waals surface area contributed by atoms with Crippen molar-refractivity contribution in [2.75, 3.05) is 20.2 Å². The Kier molecular flexibility index (Phi) is 4.84. The zero-order valence-electron chi connectivity index (χ0n) is 11.7. The number of halogens is 1. The predicted octanol–water partition coefficient (Wildman–Crippen LogP) is 1.77. The van der Waals surface area contributed by atoms with E-state index in [1.54, 1.807) is 25.1 Å². The first kappa shape index (κ1) is 15.8. The summed E-state index contributed by atoms with van der Waals surface area (Å²) in [4.78, 5) is 25.1. The first-order valence-electron chi connectivity index (χ1n) is 6.43. The Morgan fingerprint density at radius 2 is 2.14 bits per heavy atom. The van der Waals surface area contributed by atoms with Crippen LogP contribution in [-0.4, -0.2) is 54.3 Å². The molecular weight excluding hydrogens is 342 g/mol. The number of morpholine rings is 1. The number of methoxy groups -OCH3 is 1. The van der Waals surface area contributed by atoms with Gasteiger partial charge in [0.1, 0.15) is 5.75 Å². The molecule has 0 spiro atoms. The number of nitrogens with zero attached hydrogens (tertiary/aromatic N) is 1. The van der Waals surface area contributed by atoms with Crippen molar-refractivity contribution in [1.82, 2.24) is 4.90 Å². The Labute approximate surface area is 130 Å². The Bertz CT molecular complexity index is 562. The molecule has 1 heterocycles. The van der Waals surface area contributed by atoms with Gasteiger partial charge >= 0.3 is 5.97 Å². The van der Waals surface area contributed by atoms with Gasteiger partial charge in [0.15, 0.2) is 6.10 Å². The Hall–Kier alpha value is -1.60. The molecule has 1 fully saturated rings. The van der Waals surface area contributed by atoms with Crippen LogP contribution >= 0.6 is 15.9 Å². The number of amides is 1. The number of hydrogen-bond acceptors (Lipinski definition) is 4. The molecular formula is C14H16BrNO5. The number of carbonyl (C=O) groups excluding carboxylic acids is 1. The monoisotopic (exact) mass is 357 g/mol. The lowest BCUT2D eigenvalue weighted by Gasteiger charge is -2.35. The lowest BCUT2D eigenvalue weighted by molar-refractivity contribution is -0.160. The van der Waals surface area contributed by atoms with Gasteiger partial charge in [-0.25, -0.2) is 4.79 Å². The van der Waals surface area contributed by atoms with E-state index in [1.807, 2.05) is 0 Å². The van der Waals surface area contributed by atoms with Crippen molar-refractivity contribution in [3.8, 4) is 5.75 Å². The quantitative estimate of drug-likeness (QED) is 0.891. The van der Waals surface area contributed by atoms with Gasteiger partial charge in [0, 0.05) is 11.0 Å². The Morgan fingerprint density at radius 3 is 2.76 bits per heavy atom. The van der Waals surface area contributed by atoms with Crippen LogP contribution in [0, 0.1) is 0 Å². The van der Waals surface area contributed by atoms with Crippen molar-refractivity contribution in [2.45, 2.75) is 19.1 Å². The van der Waals surface area contributed by atoms with Gasteiger partial charge in [0.2, 0.25) is 0 Å². The summed E-state index contributed by atoms with van der Waals surface area (Å²) in [6, 6.07) is 5.10. The number of hydrogen-bond donors (Lipinski definition) is 1. The van der Waals surface area contributed by atoms with Crippen LogP contribution in [-0.2, 0) is 9.53 Å². The molecule has 21 heavy (non-hydrogen) atoms. The molecule has 2 rings (SSSR count). The fraction of sp³-hybridized carbons (Fsp3) is 0.429. The number of carbonyl (C=O) groups is 2. The van der Waals surface area contributed by atoms with Gasteiger partial charge in [-0.15, -0.1) is 0 Å². The number of aliphatic carboxylic acids is 1. The lowest BCUT2D eigenvalue weighted by Crippen LogP contribution is -2.51. The normalized spacial score (nSPS) is 22.0. The molecule has 1 aromatic rings. The van der Waals surface area contributed by atoms with Crippen molar-refractivity contribution >= 4 is 27.8 Å². The van der Waals surface area contributed by atoms with Gasteiger partial charge in [0.05, 0.1) is 25.3 Å². The van der Waals surface area contributed by atoms with Crippen molar-refractivity contribution < 1.29 is 24.2 Å². The summed E-state index contributed by atoms with van der Waals surface area (Å²) in [5, 5.41) is 9.07. The molecule has 2 atom stereocenters. The van der Waals surface area contributed by atoms with Crippen molar-refractivity contribution in [3.05, 3.63) is 28.2 Å². The van der Waals surface area contributed by atoms with Crippen LogP contribution < -0.4 is 4.74 Å². The predicted molar refractivity (Wildman–Crippen MR) is 78.6 cm³/mol. The molecule has 0 aromatic heterocycles. The minimum atomic E-state index is -1.07. The van der Waals surface area contributed by atoms with E-state index in [-0.39, 0.29) is 18.6 Å². The number of carboxylic acid groups (broad SMARTS) is 1. The standard InChI is InChI=1S/C14H16BrNO5/c1-8-6-16(7-12(21-8)14(18)19)13(17)10-4-3-9(15)5-11(10)20-2/h3-5,8,12H,6-7H2,1-2H3,(H,18,19)/t8-,12?/m1/s1. The van der Waals surface area contributed by atoms with Gasteiger partial charge in [0.25, 0.3) is 5.91 Å². The zero-order chi connectivity index (χ0) is 15.6. The number of benzene rings is 1. The number of carboxylic acids is 1. The SMILES string of the molecule is COc1cc(Br)ccc1C(=O)N1CC(C(=O)O)O[C@H](C)C1. The fourth-order valence-electron chi connectivity index (χ4n) is 2.27. The molecule has 7 heteroatoms. The molecule has 114 valence electrons. The molecule has 1 aliphatic rings. The third-order valence-corrected chi connectivity index (χ3v) is 3.71. The van der Waals surface area contributed by atoms with Crippen molar-refractivity contribution in [2.24, 2.45) is 0 Å². The second-order valence-corrected chi connectivity index (χ2v) is 5.74. The minimum Gasteiger partial charge on any atom is -0.496 e. The van der Waals surface area contributed by atoms with Crippen LogP contribution in [0.25, 0.3) is 0 Å². The van der Waals surface area contributed by atoms with E-state index < -0.39 is 12.1 Å². The van der Waals surface area contributed by atoms with E-state index in [1.165, 1.54) is 12.0 Å². The molecule has 1 aromatic carbocycles. The van der Waals surface area contributed by atoms with E-state index in [9.17, 15) is 9.59 Å². The van der Waals surface area contributed by atoms with Crippen LogP contribution in [0.5, 0.6) is 5.75 Å². The molecule has 1 amide bonds. The summed E-state index contributed by atoms with van der Waals surface area (Å²) in [5.41, 5.74) is 0.402. The third-order valence-electron chi connectivity index (χ3n) is 3.22. The Balaban J connectivity index is 2.25. The topological polar surface area (TPSA) is 76.1 Å². The molecule has 1 N–H and O–H groups in total. The highest BCUT2D eigenvalue weighted by Gasteiger charge is 2.33. The van der Waals surface area contributed by atoms with Crippen molar-refractivity contribution in [3.63, 3.8) is 0 Å². The third kappa shape index (κ3) is 3.54. The van der Waals surface area contributed by atoms with E-state index >= 15 is 0 Å². The number of ether oxygens (including phenoxy) is 2. The minimum absolute atomic E-state index is 0.0255. The molecule has 0 aliphatic carbocycles. The molecule has 1 saturated heterocycles. The number of rotatable bonds is 3. The first-order valence-corrected chi connectivity index (χ1v) is 7.22. The average Bonchev–Trinajstić information content (AvgIpc) is 2.45. The summed E-state index contributed by atoms with van der Waals surface area (Å²) in [6.45, 7) is 2.12. The highest BCUT2D eigenvalue weighted by Crippen LogP contribution is 2.26. The van der Waals surface area contributed by atoms with Crippen LogP contribution in [0.1, 0.15) is 17.3 Å². The average molecular weight is 358 g/mol. The van der Waals surface area contributed by atoms with Gasteiger partial charge in [-0.05, 0) is 25.1 Å². The molecule has 0 bridgehead atoms. The summed E-state index contributed by atoms with van der Waals surface area (Å²) < 4.78 is 11.3. The molecule has 1 unspecified atom stereocenters.